The number of amides is 1. The molecule has 0 unspecified atom stereocenters. The summed E-state index contributed by atoms with van der Waals surface area (Å²) in [7, 11) is 0. The Balaban J connectivity index is 2.06. The van der Waals surface area contributed by atoms with E-state index in [-0.39, 0.29) is 18.6 Å². The van der Waals surface area contributed by atoms with Crippen LogP contribution in [0.3, 0.4) is 0 Å². The maximum absolute atomic E-state index is 12.5. The summed E-state index contributed by atoms with van der Waals surface area (Å²) in [6.07, 6.45) is 2.51. The van der Waals surface area contributed by atoms with E-state index < -0.39 is 5.41 Å². The molecule has 0 bridgehead atoms. The lowest BCUT2D eigenvalue weighted by Gasteiger charge is -2.22. The van der Waals surface area contributed by atoms with E-state index in [0.29, 0.717) is 10.9 Å². The van der Waals surface area contributed by atoms with Crippen LogP contribution in [0.4, 0.5) is 0 Å². The van der Waals surface area contributed by atoms with Gasteiger partial charge in [-0.1, -0.05) is 37.6 Å². The van der Waals surface area contributed by atoms with Crippen molar-refractivity contribution < 1.29 is 9.90 Å². The SMILES string of the molecule is CC(C)C[C@@H](CO)NC(=O)C1(c2ccc(Cl)cc2)CC1. The zero-order valence-electron chi connectivity index (χ0n) is 12.0. The molecule has 0 aromatic heterocycles. The number of rotatable bonds is 6. The summed E-state index contributed by atoms with van der Waals surface area (Å²) in [5.74, 6) is 0.470. The van der Waals surface area contributed by atoms with E-state index in [1.807, 2.05) is 24.3 Å². The molecule has 1 atom stereocenters. The molecule has 0 radical (unpaired) electrons. The number of aliphatic hydroxyl groups excluding tert-OH is 1. The largest absolute Gasteiger partial charge is 0.394 e. The molecule has 1 aliphatic carbocycles. The first-order chi connectivity index (χ1) is 9.48. The van der Waals surface area contributed by atoms with Gasteiger partial charge in [0, 0.05) is 5.02 Å². The van der Waals surface area contributed by atoms with E-state index in [2.05, 4.69) is 19.2 Å². The van der Waals surface area contributed by atoms with Gasteiger partial charge in [-0.15, -0.1) is 0 Å². The maximum Gasteiger partial charge on any atom is 0.230 e. The van der Waals surface area contributed by atoms with Gasteiger partial charge in [-0.2, -0.15) is 0 Å². The van der Waals surface area contributed by atoms with Gasteiger partial charge >= 0.3 is 0 Å². The van der Waals surface area contributed by atoms with Gasteiger partial charge in [0.05, 0.1) is 18.1 Å². The van der Waals surface area contributed by atoms with Crippen molar-refractivity contribution in [3.8, 4) is 0 Å². The smallest absolute Gasteiger partial charge is 0.230 e. The summed E-state index contributed by atoms with van der Waals surface area (Å²) >= 11 is 5.89. The van der Waals surface area contributed by atoms with Gasteiger partial charge < -0.3 is 10.4 Å². The molecular weight excluding hydrogens is 274 g/mol. The molecule has 1 aliphatic rings. The highest BCUT2D eigenvalue weighted by Crippen LogP contribution is 2.48. The van der Waals surface area contributed by atoms with Gasteiger partial charge in [-0.05, 0) is 42.9 Å². The van der Waals surface area contributed by atoms with Crippen LogP contribution in [0.5, 0.6) is 0 Å². The molecule has 2 rings (SSSR count). The highest BCUT2D eigenvalue weighted by atomic mass is 35.5. The Morgan fingerprint density at radius 2 is 1.95 bits per heavy atom. The zero-order valence-corrected chi connectivity index (χ0v) is 12.8. The first-order valence-electron chi connectivity index (χ1n) is 7.16. The van der Waals surface area contributed by atoms with Crippen LogP contribution in [0.25, 0.3) is 0 Å². The number of carbonyl (C=O) groups excluding carboxylic acids is 1. The average molecular weight is 296 g/mol. The van der Waals surface area contributed by atoms with Crippen LogP contribution in [0, 0.1) is 5.92 Å². The molecule has 1 saturated carbocycles. The second-order valence-electron chi connectivity index (χ2n) is 6.07. The predicted octanol–water partition coefficient (Wildman–Crippen LogP) is 2.89. The topological polar surface area (TPSA) is 49.3 Å². The van der Waals surface area contributed by atoms with Gasteiger partial charge in [-0.3, -0.25) is 4.79 Å². The minimum atomic E-state index is -0.408. The Morgan fingerprint density at radius 1 is 1.35 bits per heavy atom. The fraction of sp³-hybridized carbons (Fsp3) is 0.562. The van der Waals surface area contributed by atoms with Crippen molar-refractivity contribution >= 4 is 17.5 Å². The number of carbonyl (C=O) groups is 1. The number of hydrogen-bond acceptors (Lipinski definition) is 2. The van der Waals surface area contributed by atoms with Crippen molar-refractivity contribution in [3.63, 3.8) is 0 Å². The Morgan fingerprint density at radius 3 is 2.40 bits per heavy atom. The second kappa shape index (κ2) is 6.15. The van der Waals surface area contributed by atoms with Crippen molar-refractivity contribution in [3.05, 3.63) is 34.9 Å². The van der Waals surface area contributed by atoms with Gasteiger partial charge in [0.15, 0.2) is 0 Å². The van der Waals surface area contributed by atoms with E-state index in [1.54, 1.807) is 0 Å². The second-order valence-corrected chi connectivity index (χ2v) is 6.51. The molecule has 0 spiro atoms. The maximum atomic E-state index is 12.5. The van der Waals surface area contributed by atoms with Crippen molar-refractivity contribution in [1.82, 2.24) is 5.32 Å². The average Bonchev–Trinajstić information content (AvgIpc) is 3.19. The standard InChI is InChI=1S/C16H22ClNO2/c1-11(2)9-14(10-19)18-15(20)16(7-8-16)12-3-5-13(17)6-4-12/h3-6,11,14,19H,7-10H2,1-2H3,(H,18,20)/t14-/m0/s1. The molecule has 0 saturated heterocycles. The third-order valence-corrected chi connectivity index (χ3v) is 4.14. The van der Waals surface area contributed by atoms with E-state index in [0.717, 1.165) is 24.8 Å². The third-order valence-electron chi connectivity index (χ3n) is 3.89. The molecule has 2 N–H and O–H groups in total. The monoisotopic (exact) mass is 295 g/mol. The van der Waals surface area contributed by atoms with Crippen molar-refractivity contribution in [2.75, 3.05) is 6.61 Å². The fourth-order valence-corrected chi connectivity index (χ4v) is 2.74. The Kier molecular flexibility index (Phi) is 4.71. The van der Waals surface area contributed by atoms with E-state index in [4.69, 9.17) is 11.6 Å². The van der Waals surface area contributed by atoms with Crippen LogP contribution in [0.2, 0.25) is 5.02 Å². The summed E-state index contributed by atoms with van der Waals surface area (Å²) in [5.41, 5.74) is 0.607. The third kappa shape index (κ3) is 3.33. The Labute approximate surface area is 125 Å². The lowest BCUT2D eigenvalue weighted by Crippen LogP contribution is -2.44. The molecule has 1 fully saturated rings. The minimum Gasteiger partial charge on any atom is -0.394 e. The van der Waals surface area contributed by atoms with Crippen LogP contribution in [-0.2, 0) is 10.2 Å². The summed E-state index contributed by atoms with van der Waals surface area (Å²) in [4.78, 5) is 12.5. The van der Waals surface area contributed by atoms with E-state index in [9.17, 15) is 9.90 Å². The van der Waals surface area contributed by atoms with Crippen LogP contribution in [-0.4, -0.2) is 23.7 Å². The van der Waals surface area contributed by atoms with Crippen LogP contribution in [0.15, 0.2) is 24.3 Å². The first kappa shape index (κ1) is 15.3. The highest BCUT2D eigenvalue weighted by Gasteiger charge is 2.51. The fourth-order valence-electron chi connectivity index (χ4n) is 2.61. The highest BCUT2D eigenvalue weighted by molar-refractivity contribution is 6.30. The summed E-state index contributed by atoms with van der Waals surface area (Å²) in [6.45, 7) is 4.16. The predicted molar refractivity (Wildman–Crippen MR) is 80.8 cm³/mol. The van der Waals surface area contributed by atoms with Gasteiger partial charge in [0.2, 0.25) is 5.91 Å². The number of benzene rings is 1. The Hall–Kier alpha value is -1.06. The molecule has 1 aromatic rings. The first-order valence-corrected chi connectivity index (χ1v) is 7.53. The molecule has 4 heteroatoms. The normalized spacial score (nSPS) is 17.9. The van der Waals surface area contributed by atoms with E-state index >= 15 is 0 Å². The molecule has 20 heavy (non-hydrogen) atoms. The lowest BCUT2D eigenvalue weighted by molar-refractivity contribution is -0.124. The number of aliphatic hydroxyl groups is 1. The van der Waals surface area contributed by atoms with Crippen LogP contribution in [0.1, 0.15) is 38.7 Å². The Bertz CT molecular complexity index is 466. The van der Waals surface area contributed by atoms with Gasteiger partial charge in [-0.25, -0.2) is 0 Å². The van der Waals surface area contributed by atoms with Gasteiger partial charge in [0.25, 0.3) is 0 Å². The molecule has 110 valence electrons. The van der Waals surface area contributed by atoms with Crippen molar-refractivity contribution in [2.24, 2.45) is 5.92 Å². The summed E-state index contributed by atoms with van der Waals surface area (Å²) in [5, 5.41) is 13.1. The molecular formula is C16H22ClNO2. The summed E-state index contributed by atoms with van der Waals surface area (Å²) in [6, 6.07) is 7.33. The minimum absolute atomic E-state index is 0.0133. The van der Waals surface area contributed by atoms with Crippen LogP contribution >= 0.6 is 11.6 Å². The van der Waals surface area contributed by atoms with Crippen molar-refractivity contribution in [1.29, 1.82) is 0 Å². The molecule has 1 amide bonds. The number of nitrogens with one attached hydrogen (secondary N) is 1. The van der Waals surface area contributed by atoms with Crippen LogP contribution < -0.4 is 5.32 Å². The zero-order chi connectivity index (χ0) is 14.8. The number of halogens is 1. The molecule has 0 heterocycles. The molecule has 1 aromatic carbocycles. The van der Waals surface area contributed by atoms with Crippen molar-refractivity contribution in [2.45, 2.75) is 44.6 Å². The quantitative estimate of drug-likeness (QED) is 0.848. The van der Waals surface area contributed by atoms with E-state index in [1.165, 1.54) is 0 Å². The molecule has 0 aliphatic heterocycles. The number of hydrogen-bond donors (Lipinski definition) is 2. The molecule has 3 nitrogen and oxygen atoms in total. The van der Waals surface area contributed by atoms with Gasteiger partial charge in [0.1, 0.15) is 0 Å². The summed E-state index contributed by atoms with van der Waals surface area (Å²) < 4.78 is 0. The lowest BCUT2D eigenvalue weighted by atomic mass is 9.94.